The Labute approximate surface area is 167 Å². The molecular formula is C24H28N2O2. The molecule has 0 bridgehead atoms. The number of hydrogen-bond acceptors (Lipinski definition) is 3. The zero-order valence-corrected chi connectivity index (χ0v) is 16.9. The fourth-order valence-electron chi connectivity index (χ4n) is 3.67. The quantitative estimate of drug-likeness (QED) is 0.676. The summed E-state index contributed by atoms with van der Waals surface area (Å²) in [5.74, 6) is 0.717. The molecule has 2 aromatic carbocycles. The van der Waals surface area contributed by atoms with Crippen LogP contribution in [0.25, 0.3) is 5.69 Å². The van der Waals surface area contributed by atoms with Crippen LogP contribution in [0.3, 0.4) is 0 Å². The number of benzene rings is 2. The second-order valence-corrected chi connectivity index (χ2v) is 6.60. The highest BCUT2D eigenvalue weighted by Gasteiger charge is 2.21. The number of ether oxygens (including phenoxy) is 1. The smallest absolute Gasteiger partial charge is 0.255 e. The minimum absolute atomic E-state index is 0.00948. The van der Waals surface area contributed by atoms with Crippen molar-refractivity contribution in [2.75, 3.05) is 13.7 Å². The summed E-state index contributed by atoms with van der Waals surface area (Å²) in [5.41, 5.74) is 4.41. The molecule has 1 aliphatic heterocycles. The zero-order chi connectivity index (χ0) is 19.9. The monoisotopic (exact) mass is 376 g/mol. The van der Waals surface area contributed by atoms with Crippen LogP contribution in [-0.2, 0) is 19.5 Å². The number of nitrogens with zero attached hydrogens (tertiary/aromatic N) is 2. The van der Waals surface area contributed by atoms with Gasteiger partial charge < -0.3 is 4.74 Å². The lowest BCUT2D eigenvalue weighted by molar-refractivity contribution is 0.241. The van der Waals surface area contributed by atoms with E-state index in [0.717, 1.165) is 43.2 Å². The fourth-order valence-corrected chi connectivity index (χ4v) is 3.67. The summed E-state index contributed by atoms with van der Waals surface area (Å²) in [6.45, 7) is 6.70. The van der Waals surface area contributed by atoms with Crippen molar-refractivity contribution < 1.29 is 4.74 Å². The predicted octanol–water partition coefficient (Wildman–Crippen LogP) is 4.43. The molecule has 0 N–H and O–H groups in total. The highest BCUT2D eigenvalue weighted by molar-refractivity contribution is 5.49. The molecule has 0 spiro atoms. The van der Waals surface area contributed by atoms with Crippen molar-refractivity contribution in [1.82, 2.24) is 9.47 Å². The van der Waals surface area contributed by atoms with Crippen molar-refractivity contribution in [3.8, 4) is 11.4 Å². The molecule has 0 fully saturated rings. The van der Waals surface area contributed by atoms with Gasteiger partial charge in [-0.05, 0) is 23.3 Å². The van der Waals surface area contributed by atoms with Crippen LogP contribution in [0.2, 0.25) is 0 Å². The average molecular weight is 377 g/mol. The maximum atomic E-state index is 12.6. The first-order valence-corrected chi connectivity index (χ1v) is 9.90. The van der Waals surface area contributed by atoms with E-state index in [1.165, 1.54) is 11.1 Å². The van der Waals surface area contributed by atoms with E-state index in [2.05, 4.69) is 29.2 Å². The van der Waals surface area contributed by atoms with Gasteiger partial charge in [0.1, 0.15) is 5.75 Å². The third-order valence-corrected chi connectivity index (χ3v) is 4.92. The van der Waals surface area contributed by atoms with Crippen LogP contribution in [0.5, 0.6) is 5.75 Å². The molecule has 146 valence electrons. The topological polar surface area (TPSA) is 34.5 Å². The van der Waals surface area contributed by atoms with Crippen LogP contribution >= 0.6 is 0 Å². The first kappa shape index (κ1) is 19.9. The van der Waals surface area contributed by atoms with Gasteiger partial charge in [-0.1, -0.05) is 62.4 Å². The van der Waals surface area contributed by atoms with Gasteiger partial charge in [0.25, 0.3) is 5.56 Å². The molecule has 3 aromatic rings. The van der Waals surface area contributed by atoms with Gasteiger partial charge in [-0.25, -0.2) is 0 Å². The summed E-state index contributed by atoms with van der Waals surface area (Å²) in [5, 5.41) is 0. The number of aromatic nitrogens is 1. The Morgan fingerprint density at radius 1 is 0.929 bits per heavy atom. The van der Waals surface area contributed by atoms with Crippen molar-refractivity contribution in [1.29, 1.82) is 0 Å². The van der Waals surface area contributed by atoms with Crippen LogP contribution in [0.15, 0.2) is 71.5 Å². The Morgan fingerprint density at radius 2 is 1.64 bits per heavy atom. The van der Waals surface area contributed by atoms with E-state index in [-0.39, 0.29) is 5.56 Å². The summed E-state index contributed by atoms with van der Waals surface area (Å²) >= 11 is 0. The van der Waals surface area contributed by atoms with Crippen LogP contribution in [0, 0.1) is 0 Å². The maximum Gasteiger partial charge on any atom is 0.255 e. The molecule has 0 unspecified atom stereocenters. The van der Waals surface area contributed by atoms with Gasteiger partial charge in [0.2, 0.25) is 0 Å². The lowest BCUT2D eigenvalue weighted by Gasteiger charge is -2.30. The number of para-hydroxylation sites is 2. The molecule has 4 rings (SSSR count). The molecule has 1 aromatic heterocycles. The molecule has 4 nitrogen and oxygen atoms in total. The minimum Gasteiger partial charge on any atom is -0.495 e. The average Bonchev–Trinajstić information content (AvgIpc) is 2.76. The molecule has 1 aliphatic rings. The van der Waals surface area contributed by atoms with Crippen molar-refractivity contribution in [2.45, 2.75) is 33.4 Å². The lowest BCUT2D eigenvalue weighted by Crippen LogP contribution is -2.34. The molecule has 0 saturated heterocycles. The van der Waals surface area contributed by atoms with E-state index < -0.39 is 0 Å². The van der Waals surface area contributed by atoms with Gasteiger partial charge >= 0.3 is 0 Å². The zero-order valence-electron chi connectivity index (χ0n) is 16.9. The SMILES string of the molecule is CC.COc1ccccc1-n1c2c(ccc1=O)CN(Cc1ccccc1)CC2. The van der Waals surface area contributed by atoms with Gasteiger partial charge in [0.05, 0.1) is 12.8 Å². The molecule has 4 heteroatoms. The van der Waals surface area contributed by atoms with Crippen molar-refractivity contribution in [2.24, 2.45) is 0 Å². The van der Waals surface area contributed by atoms with Crippen molar-refractivity contribution in [3.05, 3.63) is 93.9 Å². The standard InChI is InChI=1S/C22H22N2O2.C2H6/c1-26-21-10-6-5-9-20(21)24-19-13-14-23(15-17-7-3-2-4-8-17)16-18(19)11-12-22(24)25;1-2/h2-12H,13-16H2,1H3;1-2H3. The second kappa shape index (κ2) is 9.38. The fraction of sp³-hybridized carbons (Fsp3) is 0.292. The highest BCUT2D eigenvalue weighted by Crippen LogP contribution is 2.26. The van der Waals surface area contributed by atoms with Gasteiger partial charge in [-0.3, -0.25) is 14.3 Å². The van der Waals surface area contributed by atoms with Gasteiger partial charge in [-0.2, -0.15) is 0 Å². The van der Waals surface area contributed by atoms with E-state index in [1.807, 2.05) is 54.8 Å². The summed E-state index contributed by atoms with van der Waals surface area (Å²) in [7, 11) is 1.64. The van der Waals surface area contributed by atoms with Crippen LogP contribution in [0.4, 0.5) is 0 Å². The normalized spacial score (nSPS) is 13.2. The molecule has 0 atom stereocenters. The van der Waals surface area contributed by atoms with Gasteiger partial charge in [0, 0.05) is 37.8 Å². The summed E-state index contributed by atoms with van der Waals surface area (Å²) in [6.07, 6.45) is 0.844. The first-order valence-electron chi connectivity index (χ1n) is 9.90. The second-order valence-electron chi connectivity index (χ2n) is 6.60. The van der Waals surface area contributed by atoms with E-state index in [1.54, 1.807) is 13.2 Å². The van der Waals surface area contributed by atoms with Crippen molar-refractivity contribution in [3.63, 3.8) is 0 Å². The van der Waals surface area contributed by atoms with Gasteiger partial charge in [-0.15, -0.1) is 0 Å². The van der Waals surface area contributed by atoms with Crippen LogP contribution in [0.1, 0.15) is 30.7 Å². The van der Waals surface area contributed by atoms with Crippen molar-refractivity contribution >= 4 is 0 Å². The highest BCUT2D eigenvalue weighted by atomic mass is 16.5. The van der Waals surface area contributed by atoms with E-state index in [0.29, 0.717) is 0 Å². The minimum atomic E-state index is -0.00948. The number of methoxy groups -OCH3 is 1. The summed E-state index contributed by atoms with van der Waals surface area (Å²) in [6, 6.07) is 21.8. The van der Waals surface area contributed by atoms with E-state index >= 15 is 0 Å². The van der Waals surface area contributed by atoms with E-state index in [4.69, 9.17) is 4.74 Å². The number of rotatable bonds is 4. The lowest BCUT2D eigenvalue weighted by atomic mass is 10.0. The predicted molar refractivity (Wildman–Crippen MR) is 114 cm³/mol. The molecule has 0 radical (unpaired) electrons. The number of hydrogen-bond donors (Lipinski definition) is 0. The third-order valence-electron chi connectivity index (χ3n) is 4.92. The first-order chi connectivity index (χ1) is 13.8. The Hall–Kier alpha value is -2.85. The molecule has 28 heavy (non-hydrogen) atoms. The Balaban J connectivity index is 0.00000109. The third kappa shape index (κ3) is 4.18. The van der Waals surface area contributed by atoms with Gasteiger partial charge in [0.15, 0.2) is 0 Å². The Morgan fingerprint density at radius 3 is 2.39 bits per heavy atom. The van der Waals surface area contributed by atoms with E-state index in [9.17, 15) is 4.79 Å². The Bertz CT molecular complexity index is 964. The van der Waals surface area contributed by atoms with Crippen LogP contribution < -0.4 is 10.3 Å². The van der Waals surface area contributed by atoms with Crippen LogP contribution in [-0.4, -0.2) is 23.1 Å². The molecule has 0 aliphatic carbocycles. The molecular weight excluding hydrogens is 348 g/mol. The summed E-state index contributed by atoms with van der Waals surface area (Å²) in [4.78, 5) is 15.1. The molecule has 0 saturated carbocycles. The Kier molecular flexibility index (Phi) is 6.66. The number of pyridine rings is 1. The number of fused-ring (bicyclic) bond motifs is 1. The molecule has 0 amide bonds. The maximum absolute atomic E-state index is 12.6. The summed E-state index contributed by atoms with van der Waals surface area (Å²) < 4.78 is 7.29. The molecule has 2 heterocycles. The largest absolute Gasteiger partial charge is 0.495 e.